The summed E-state index contributed by atoms with van der Waals surface area (Å²) in [5, 5.41) is 0.105. The van der Waals surface area contributed by atoms with Crippen molar-refractivity contribution in [1.82, 2.24) is 0 Å². The van der Waals surface area contributed by atoms with Crippen LogP contribution in [0.25, 0.3) is 0 Å². The third kappa shape index (κ3) is 2.12. The zero-order valence-corrected chi connectivity index (χ0v) is 10.5. The number of rotatable bonds is 4. The molecule has 16 heavy (non-hydrogen) atoms. The number of hydrogen-bond acceptors (Lipinski definition) is 2. The Labute approximate surface area is 102 Å². The maximum absolute atomic E-state index is 6.44. The van der Waals surface area contributed by atoms with Gasteiger partial charge < -0.3 is 9.47 Å². The molecule has 0 bridgehead atoms. The molecule has 1 fully saturated rings. The third-order valence-electron chi connectivity index (χ3n) is 3.29. The minimum absolute atomic E-state index is 0.105. The van der Waals surface area contributed by atoms with E-state index in [-0.39, 0.29) is 5.38 Å². The summed E-state index contributed by atoms with van der Waals surface area (Å²) in [6.45, 7) is 0. The van der Waals surface area contributed by atoms with Gasteiger partial charge in [-0.15, -0.1) is 11.6 Å². The van der Waals surface area contributed by atoms with Gasteiger partial charge in [-0.05, 0) is 36.5 Å². The molecule has 0 N–H and O–H groups in total. The van der Waals surface area contributed by atoms with Crippen molar-refractivity contribution in [3.8, 4) is 11.5 Å². The van der Waals surface area contributed by atoms with Gasteiger partial charge in [0.15, 0.2) is 11.5 Å². The molecule has 0 saturated heterocycles. The van der Waals surface area contributed by atoms with Gasteiger partial charge in [-0.1, -0.05) is 12.5 Å². The van der Waals surface area contributed by atoms with E-state index in [9.17, 15) is 0 Å². The van der Waals surface area contributed by atoms with Gasteiger partial charge >= 0.3 is 0 Å². The van der Waals surface area contributed by atoms with E-state index >= 15 is 0 Å². The second-order valence-electron chi connectivity index (χ2n) is 4.21. The Morgan fingerprint density at radius 2 is 1.88 bits per heavy atom. The van der Waals surface area contributed by atoms with E-state index < -0.39 is 0 Å². The average molecular weight is 241 g/mol. The third-order valence-corrected chi connectivity index (χ3v) is 3.90. The fourth-order valence-electron chi connectivity index (χ4n) is 2.03. The van der Waals surface area contributed by atoms with Crippen molar-refractivity contribution in [2.45, 2.75) is 24.6 Å². The molecule has 88 valence electrons. The van der Waals surface area contributed by atoms with Gasteiger partial charge in [0, 0.05) is 0 Å². The molecule has 1 unspecified atom stereocenters. The van der Waals surface area contributed by atoms with Crippen LogP contribution < -0.4 is 9.47 Å². The first-order chi connectivity index (χ1) is 7.76. The summed E-state index contributed by atoms with van der Waals surface area (Å²) in [6, 6.07) is 5.92. The van der Waals surface area contributed by atoms with Gasteiger partial charge in [0.2, 0.25) is 0 Å². The van der Waals surface area contributed by atoms with Crippen molar-refractivity contribution in [2.75, 3.05) is 14.2 Å². The second kappa shape index (κ2) is 4.96. The van der Waals surface area contributed by atoms with Gasteiger partial charge in [-0.3, -0.25) is 0 Å². The highest BCUT2D eigenvalue weighted by Gasteiger charge is 2.27. The van der Waals surface area contributed by atoms with Gasteiger partial charge in [-0.2, -0.15) is 0 Å². The zero-order valence-electron chi connectivity index (χ0n) is 9.70. The zero-order chi connectivity index (χ0) is 11.5. The first-order valence-electron chi connectivity index (χ1n) is 5.62. The Morgan fingerprint density at radius 3 is 2.38 bits per heavy atom. The van der Waals surface area contributed by atoms with Gasteiger partial charge in [-0.25, -0.2) is 0 Å². The van der Waals surface area contributed by atoms with Gasteiger partial charge in [0.1, 0.15) is 0 Å². The first-order valence-corrected chi connectivity index (χ1v) is 6.06. The van der Waals surface area contributed by atoms with Crippen LogP contribution >= 0.6 is 11.6 Å². The van der Waals surface area contributed by atoms with Crippen LogP contribution in [0.5, 0.6) is 11.5 Å². The van der Waals surface area contributed by atoms with E-state index in [1.807, 2.05) is 18.2 Å². The highest BCUT2D eigenvalue weighted by atomic mass is 35.5. The molecular formula is C13H17ClO2. The lowest BCUT2D eigenvalue weighted by molar-refractivity contribution is 0.304. The molecular weight excluding hydrogens is 224 g/mol. The largest absolute Gasteiger partial charge is 0.493 e. The van der Waals surface area contributed by atoms with Crippen LogP contribution in [-0.2, 0) is 0 Å². The number of benzene rings is 1. The summed E-state index contributed by atoms with van der Waals surface area (Å²) in [5.74, 6) is 2.13. The van der Waals surface area contributed by atoms with Crippen molar-refractivity contribution in [2.24, 2.45) is 5.92 Å². The summed E-state index contributed by atoms with van der Waals surface area (Å²) in [5.41, 5.74) is 1.13. The summed E-state index contributed by atoms with van der Waals surface area (Å²) in [6.07, 6.45) is 3.78. The van der Waals surface area contributed by atoms with E-state index in [0.29, 0.717) is 5.92 Å². The number of ether oxygens (including phenoxy) is 2. The van der Waals surface area contributed by atoms with Crippen LogP contribution in [-0.4, -0.2) is 14.2 Å². The summed E-state index contributed by atoms with van der Waals surface area (Å²) in [4.78, 5) is 0. The first kappa shape index (κ1) is 11.6. The van der Waals surface area contributed by atoms with Crippen molar-refractivity contribution < 1.29 is 9.47 Å². The highest BCUT2D eigenvalue weighted by molar-refractivity contribution is 6.21. The predicted molar refractivity (Wildman–Crippen MR) is 65.5 cm³/mol. The standard InChI is InChI=1S/C13H17ClO2/c1-15-11-7-6-10(8-12(11)16-2)13(14)9-4-3-5-9/h6-9,13H,3-5H2,1-2H3. The molecule has 0 radical (unpaired) electrons. The number of methoxy groups -OCH3 is 2. The molecule has 0 amide bonds. The van der Waals surface area contributed by atoms with E-state index in [0.717, 1.165) is 17.1 Å². The lowest BCUT2D eigenvalue weighted by atomic mass is 9.80. The molecule has 1 saturated carbocycles. The Morgan fingerprint density at radius 1 is 1.19 bits per heavy atom. The minimum Gasteiger partial charge on any atom is -0.493 e. The van der Waals surface area contributed by atoms with Gasteiger partial charge in [0.05, 0.1) is 19.6 Å². The molecule has 1 aromatic rings. The minimum atomic E-state index is 0.105. The quantitative estimate of drug-likeness (QED) is 0.746. The van der Waals surface area contributed by atoms with Crippen molar-refractivity contribution in [3.05, 3.63) is 23.8 Å². The molecule has 1 aromatic carbocycles. The molecule has 3 heteroatoms. The smallest absolute Gasteiger partial charge is 0.161 e. The molecule has 1 aliphatic rings. The van der Waals surface area contributed by atoms with Crippen LogP contribution in [0.2, 0.25) is 0 Å². The van der Waals surface area contributed by atoms with Crippen molar-refractivity contribution >= 4 is 11.6 Å². The summed E-state index contributed by atoms with van der Waals surface area (Å²) in [7, 11) is 3.29. The van der Waals surface area contributed by atoms with E-state index in [2.05, 4.69) is 0 Å². The van der Waals surface area contributed by atoms with Crippen LogP contribution in [0, 0.1) is 5.92 Å². The van der Waals surface area contributed by atoms with Gasteiger partial charge in [0.25, 0.3) is 0 Å². The van der Waals surface area contributed by atoms with E-state index in [1.54, 1.807) is 14.2 Å². The average Bonchev–Trinajstić information content (AvgIpc) is 2.25. The Balaban J connectivity index is 2.20. The second-order valence-corrected chi connectivity index (χ2v) is 4.68. The summed E-state index contributed by atoms with van der Waals surface area (Å²) < 4.78 is 10.5. The number of alkyl halides is 1. The van der Waals surface area contributed by atoms with Crippen LogP contribution in [0.15, 0.2) is 18.2 Å². The maximum Gasteiger partial charge on any atom is 0.161 e. The topological polar surface area (TPSA) is 18.5 Å². The predicted octanol–water partition coefficient (Wildman–Crippen LogP) is 3.78. The van der Waals surface area contributed by atoms with E-state index in [4.69, 9.17) is 21.1 Å². The number of halogens is 1. The molecule has 0 aromatic heterocycles. The normalized spacial score (nSPS) is 17.7. The molecule has 0 heterocycles. The molecule has 2 nitrogen and oxygen atoms in total. The Hall–Kier alpha value is -0.890. The molecule has 1 atom stereocenters. The fraction of sp³-hybridized carbons (Fsp3) is 0.538. The molecule has 0 spiro atoms. The SMILES string of the molecule is COc1ccc(C(Cl)C2CCC2)cc1OC. The lowest BCUT2D eigenvalue weighted by Crippen LogP contribution is -2.16. The Kier molecular flexibility index (Phi) is 3.59. The van der Waals surface area contributed by atoms with Crippen LogP contribution in [0.4, 0.5) is 0 Å². The Bertz CT molecular complexity index is 361. The highest BCUT2D eigenvalue weighted by Crippen LogP contribution is 2.43. The lowest BCUT2D eigenvalue weighted by Gasteiger charge is -2.30. The van der Waals surface area contributed by atoms with Crippen molar-refractivity contribution in [1.29, 1.82) is 0 Å². The monoisotopic (exact) mass is 240 g/mol. The van der Waals surface area contributed by atoms with Crippen LogP contribution in [0.1, 0.15) is 30.2 Å². The molecule has 0 aliphatic heterocycles. The van der Waals surface area contributed by atoms with E-state index in [1.165, 1.54) is 19.3 Å². The molecule has 2 rings (SSSR count). The fourth-order valence-corrected chi connectivity index (χ4v) is 2.42. The summed E-state index contributed by atoms with van der Waals surface area (Å²) >= 11 is 6.44. The van der Waals surface area contributed by atoms with Crippen molar-refractivity contribution in [3.63, 3.8) is 0 Å². The number of hydrogen-bond donors (Lipinski definition) is 0. The molecule has 1 aliphatic carbocycles. The van der Waals surface area contributed by atoms with Crippen LogP contribution in [0.3, 0.4) is 0 Å². The maximum atomic E-state index is 6.44.